The smallest absolute Gasteiger partial charge is 0.159 e. The summed E-state index contributed by atoms with van der Waals surface area (Å²) in [5.41, 5.74) is 5.28. The van der Waals surface area contributed by atoms with E-state index in [4.69, 9.17) is 4.74 Å². The van der Waals surface area contributed by atoms with Crippen LogP contribution in [0.4, 0.5) is 8.78 Å². The van der Waals surface area contributed by atoms with E-state index in [1.165, 1.54) is 67.1 Å². The molecule has 0 radical (unpaired) electrons. The Balaban J connectivity index is 1.27. The number of hydrogen-bond acceptors (Lipinski definition) is 1. The molecule has 0 amide bonds. The van der Waals surface area contributed by atoms with Crippen LogP contribution in [0.1, 0.15) is 31.2 Å². The van der Waals surface area contributed by atoms with Gasteiger partial charge in [-0.15, -0.1) is 0 Å². The van der Waals surface area contributed by atoms with Crippen molar-refractivity contribution in [2.24, 2.45) is 5.92 Å². The van der Waals surface area contributed by atoms with Crippen LogP contribution in [0.25, 0.3) is 22.3 Å². The highest BCUT2D eigenvalue weighted by molar-refractivity contribution is 6.58. The van der Waals surface area contributed by atoms with Crippen LogP contribution in [-0.2, 0) is 11.2 Å². The first-order valence-electron chi connectivity index (χ1n) is 12.3. The molecule has 1 saturated heterocycles. The van der Waals surface area contributed by atoms with Crippen LogP contribution in [0.2, 0.25) is 18.1 Å². The van der Waals surface area contributed by atoms with Crippen LogP contribution < -0.4 is 0 Å². The summed E-state index contributed by atoms with van der Waals surface area (Å²) in [4.78, 5) is 0. The molecule has 3 aromatic carbocycles. The van der Waals surface area contributed by atoms with Gasteiger partial charge in [-0.25, -0.2) is 8.78 Å². The summed E-state index contributed by atoms with van der Waals surface area (Å²) in [7, 11) is 1.32. The summed E-state index contributed by atoms with van der Waals surface area (Å²) in [5.74, 6) is -0.730. The van der Waals surface area contributed by atoms with Crippen molar-refractivity contribution in [3.05, 3.63) is 83.9 Å². The number of aryl methyl sites for hydroxylation is 1. The van der Waals surface area contributed by atoms with Crippen molar-refractivity contribution in [2.45, 2.75) is 50.2 Å². The van der Waals surface area contributed by atoms with Crippen molar-refractivity contribution in [2.75, 3.05) is 13.7 Å². The molecule has 0 atom stereocenters. The third-order valence-electron chi connectivity index (χ3n) is 7.19. The minimum Gasteiger partial charge on any atom is -0.385 e. The molecule has 4 heteroatoms. The van der Waals surface area contributed by atoms with Gasteiger partial charge in [-0.1, -0.05) is 85.6 Å². The van der Waals surface area contributed by atoms with E-state index in [9.17, 15) is 8.78 Å². The molecule has 0 unspecified atom stereocenters. The standard InChI is InChI=1S/C29H34F2OSi/c1-32-17-2-18-33-19-15-23(16-20-33)4-3-22-5-7-24(8-6-22)25-9-11-26(12-10-25)27-13-14-28(30)29(31)21-27/h5-14,21,23,33H,2-4,15-20H2,1H3. The van der Waals surface area contributed by atoms with Gasteiger partial charge < -0.3 is 4.74 Å². The number of methoxy groups -OCH3 is 1. The van der Waals surface area contributed by atoms with E-state index in [2.05, 4.69) is 24.3 Å². The lowest BCUT2D eigenvalue weighted by Gasteiger charge is -2.27. The van der Waals surface area contributed by atoms with Crippen molar-refractivity contribution in [1.29, 1.82) is 0 Å². The van der Waals surface area contributed by atoms with Gasteiger partial charge in [-0.3, -0.25) is 0 Å². The molecule has 1 fully saturated rings. The summed E-state index contributed by atoms with van der Waals surface area (Å²) in [6.07, 6.45) is 6.60. The molecule has 174 valence electrons. The number of rotatable bonds is 9. The Morgan fingerprint density at radius 2 is 1.36 bits per heavy atom. The lowest BCUT2D eigenvalue weighted by molar-refractivity contribution is 0.199. The molecule has 1 aliphatic rings. The van der Waals surface area contributed by atoms with Crippen LogP contribution in [0, 0.1) is 17.6 Å². The zero-order valence-corrected chi connectivity index (χ0v) is 20.7. The number of benzene rings is 3. The highest BCUT2D eigenvalue weighted by atomic mass is 28.3. The van der Waals surface area contributed by atoms with E-state index >= 15 is 0 Å². The average molecular weight is 465 g/mol. The van der Waals surface area contributed by atoms with Gasteiger partial charge in [-0.05, 0) is 65.1 Å². The van der Waals surface area contributed by atoms with Crippen LogP contribution in [0.3, 0.4) is 0 Å². The van der Waals surface area contributed by atoms with E-state index in [0.717, 1.165) is 30.1 Å². The summed E-state index contributed by atoms with van der Waals surface area (Å²) in [6.45, 7) is 0.932. The molecule has 0 aromatic heterocycles. The predicted octanol–water partition coefficient (Wildman–Crippen LogP) is 7.91. The second-order valence-corrected chi connectivity index (χ2v) is 12.9. The predicted molar refractivity (Wildman–Crippen MR) is 136 cm³/mol. The lowest BCUT2D eigenvalue weighted by Crippen LogP contribution is -2.22. The van der Waals surface area contributed by atoms with Gasteiger partial charge in [0, 0.05) is 22.5 Å². The van der Waals surface area contributed by atoms with E-state index in [1.807, 2.05) is 24.3 Å². The van der Waals surface area contributed by atoms with Crippen molar-refractivity contribution in [1.82, 2.24) is 0 Å². The summed E-state index contributed by atoms with van der Waals surface area (Å²) < 4.78 is 31.9. The SMILES string of the molecule is COCCC[SiH]1CCC(CCc2ccc(-c3ccc(-c4ccc(F)c(F)c4)cc3)cc2)CC1. The molecular weight excluding hydrogens is 430 g/mol. The molecule has 0 N–H and O–H groups in total. The number of halogens is 2. The molecule has 33 heavy (non-hydrogen) atoms. The Kier molecular flexibility index (Phi) is 8.46. The highest BCUT2D eigenvalue weighted by Gasteiger charge is 2.21. The lowest BCUT2D eigenvalue weighted by atomic mass is 9.93. The fourth-order valence-electron chi connectivity index (χ4n) is 5.09. The van der Waals surface area contributed by atoms with Crippen molar-refractivity contribution < 1.29 is 13.5 Å². The summed E-state index contributed by atoms with van der Waals surface area (Å²) in [6, 6.07) is 25.4. The molecule has 0 aliphatic carbocycles. The minimum absolute atomic E-state index is 0.481. The van der Waals surface area contributed by atoms with Gasteiger partial charge in [0.15, 0.2) is 11.6 Å². The van der Waals surface area contributed by atoms with Gasteiger partial charge in [0.25, 0.3) is 0 Å². The average Bonchev–Trinajstić information content (AvgIpc) is 2.86. The normalized spacial score (nSPS) is 18.4. The molecule has 0 spiro atoms. The van der Waals surface area contributed by atoms with Gasteiger partial charge in [-0.2, -0.15) is 0 Å². The van der Waals surface area contributed by atoms with Crippen molar-refractivity contribution >= 4 is 8.80 Å². The quantitative estimate of drug-likeness (QED) is 0.231. The van der Waals surface area contributed by atoms with E-state index in [0.29, 0.717) is 5.56 Å². The third kappa shape index (κ3) is 6.61. The fraction of sp³-hybridized carbons (Fsp3) is 0.379. The third-order valence-corrected chi connectivity index (χ3v) is 10.7. The van der Waals surface area contributed by atoms with Crippen LogP contribution >= 0.6 is 0 Å². The zero-order valence-electron chi connectivity index (χ0n) is 19.5. The van der Waals surface area contributed by atoms with Gasteiger partial charge >= 0.3 is 0 Å². The van der Waals surface area contributed by atoms with E-state index in [1.54, 1.807) is 13.2 Å². The largest absolute Gasteiger partial charge is 0.385 e. The first-order chi connectivity index (χ1) is 16.1. The molecule has 1 nitrogen and oxygen atoms in total. The molecule has 0 saturated carbocycles. The second kappa shape index (κ2) is 11.7. The molecular formula is C29H34F2OSi. The molecule has 1 aliphatic heterocycles. The van der Waals surface area contributed by atoms with E-state index in [-0.39, 0.29) is 0 Å². The minimum atomic E-state index is -0.817. The maximum Gasteiger partial charge on any atom is 0.159 e. The second-order valence-electron chi connectivity index (χ2n) is 9.46. The Hall–Kier alpha value is -2.30. The molecule has 4 rings (SSSR count). The van der Waals surface area contributed by atoms with Crippen LogP contribution in [0.5, 0.6) is 0 Å². The Labute approximate surface area is 198 Å². The van der Waals surface area contributed by atoms with Gasteiger partial charge in [0.2, 0.25) is 0 Å². The van der Waals surface area contributed by atoms with Gasteiger partial charge in [0.1, 0.15) is 0 Å². The Morgan fingerprint density at radius 1 is 0.788 bits per heavy atom. The number of ether oxygens (including phenoxy) is 1. The first kappa shape index (κ1) is 23.8. The van der Waals surface area contributed by atoms with Crippen molar-refractivity contribution in [3.8, 4) is 22.3 Å². The van der Waals surface area contributed by atoms with Crippen LogP contribution in [0.15, 0.2) is 66.7 Å². The highest BCUT2D eigenvalue weighted by Crippen LogP contribution is 2.31. The molecule has 1 heterocycles. The van der Waals surface area contributed by atoms with Crippen molar-refractivity contribution in [3.63, 3.8) is 0 Å². The fourth-order valence-corrected chi connectivity index (χ4v) is 8.59. The van der Waals surface area contributed by atoms with Crippen LogP contribution in [-0.4, -0.2) is 22.5 Å². The Bertz CT molecular complexity index is 1010. The first-order valence-corrected chi connectivity index (χ1v) is 14.7. The maximum atomic E-state index is 13.5. The van der Waals surface area contributed by atoms with E-state index < -0.39 is 20.4 Å². The summed E-state index contributed by atoms with van der Waals surface area (Å²) >= 11 is 0. The van der Waals surface area contributed by atoms with Gasteiger partial charge in [0.05, 0.1) is 0 Å². The number of hydrogen-bond donors (Lipinski definition) is 0. The maximum absolute atomic E-state index is 13.5. The zero-order chi connectivity index (χ0) is 23.0. The Morgan fingerprint density at radius 3 is 1.97 bits per heavy atom. The summed E-state index contributed by atoms with van der Waals surface area (Å²) in [5, 5.41) is 0. The topological polar surface area (TPSA) is 9.23 Å². The molecule has 3 aromatic rings. The molecule has 0 bridgehead atoms. The monoisotopic (exact) mass is 464 g/mol.